The summed E-state index contributed by atoms with van der Waals surface area (Å²) in [6.45, 7) is 0.318. The van der Waals surface area contributed by atoms with E-state index in [0.717, 1.165) is 0 Å². The molecule has 2 heterocycles. The molecule has 1 aromatic rings. The van der Waals surface area contributed by atoms with Gasteiger partial charge in [0.1, 0.15) is 5.76 Å². The molecule has 1 amide bonds. The zero-order valence-electron chi connectivity index (χ0n) is 8.91. The van der Waals surface area contributed by atoms with Crippen molar-refractivity contribution in [3.8, 4) is 0 Å². The first kappa shape index (κ1) is 12.3. The summed E-state index contributed by atoms with van der Waals surface area (Å²) in [6, 6.07) is 3.45. The number of carbonyl (C=O) groups excluding carboxylic acids is 1. The van der Waals surface area contributed by atoms with Gasteiger partial charge in [-0.1, -0.05) is 0 Å². The lowest BCUT2D eigenvalue weighted by Gasteiger charge is -2.11. The number of nitrogens with zero attached hydrogens (tertiary/aromatic N) is 1. The van der Waals surface area contributed by atoms with Crippen molar-refractivity contribution in [2.24, 2.45) is 0 Å². The average molecular weight is 302 g/mol. The minimum Gasteiger partial charge on any atom is -0.450 e. The highest BCUT2D eigenvalue weighted by molar-refractivity contribution is 9.10. The smallest absolute Gasteiger partial charge is 0.246 e. The molecule has 0 spiro atoms. The quantitative estimate of drug-likeness (QED) is 0.786. The van der Waals surface area contributed by atoms with E-state index in [1.165, 1.54) is 11.0 Å². The van der Waals surface area contributed by atoms with Gasteiger partial charge in [0, 0.05) is 19.2 Å². The third-order valence-electron chi connectivity index (χ3n) is 2.55. The maximum atomic E-state index is 11.7. The van der Waals surface area contributed by atoms with Crippen molar-refractivity contribution in [1.29, 1.82) is 0 Å². The molecule has 0 aromatic carbocycles. The van der Waals surface area contributed by atoms with Gasteiger partial charge >= 0.3 is 0 Å². The molecule has 1 saturated heterocycles. The van der Waals surface area contributed by atoms with Gasteiger partial charge in [-0.25, -0.2) is 0 Å². The predicted molar refractivity (Wildman–Crippen MR) is 64.0 cm³/mol. The molecular formula is C11H12BrNO4. The van der Waals surface area contributed by atoms with Gasteiger partial charge in [-0.3, -0.25) is 4.79 Å². The van der Waals surface area contributed by atoms with E-state index < -0.39 is 12.2 Å². The highest BCUT2D eigenvalue weighted by Gasteiger charge is 2.31. The number of rotatable bonds is 2. The summed E-state index contributed by atoms with van der Waals surface area (Å²) in [6.07, 6.45) is 1.19. The van der Waals surface area contributed by atoms with Gasteiger partial charge in [0.2, 0.25) is 5.91 Å². The van der Waals surface area contributed by atoms with Crippen LogP contribution in [0.3, 0.4) is 0 Å². The summed E-state index contributed by atoms with van der Waals surface area (Å²) >= 11 is 3.16. The maximum Gasteiger partial charge on any atom is 0.246 e. The highest BCUT2D eigenvalue weighted by atomic mass is 79.9. The van der Waals surface area contributed by atoms with E-state index in [-0.39, 0.29) is 19.0 Å². The molecule has 1 aromatic heterocycles. The minimum absolute atomic E-state index is 0.159. The Morgan fingerprint density at radius 3 is 2.59 bits per heavy atom. The zero-order valence-corrected chi connectivity index (χ0v) is 10.5. The van der Waals surface area contributed by atoms with Crippen LogP contribution in [-0.2, 0) is 4.79 Å². The average Bonchev–Trinajstić information content (AvgIpc) is 2.83. The number of aliphatic hydroxyl groups is 2. The molecule has 0 radical (unpaired) electrons. The molecule has 1 fully saturated rings. The van der Waals surface area contributed by atoms with Crippen LogP contribution in [0.4, 0.5) is 0 Å². The van der Waals surface area contributed by atoms with Crippen LogP contribution in [0.5, 0.6) is 0 Å². The van der Waals surface area contributed by atoms with Crippen molar-refractivity contribution >= 4 is 27.9 Å². The minimum atomic E-state index is -0.856. The van der Waals surface area contributed by atoms with Crippen molar-refractivity contribution in [1.82, 2.24) is 4.90 Å². The Labute approximate surface area is 106 Å². The van der Waals surface area contributed by atoms with Crippen molar-refractivity contribution in [3.05, 3.63) is 28.6 Å². The summed E-state index contributed by atoms with van der Waals surface area (Å²) < 4.78 is 5.79. The zero-order chi connectivity index (χ0) is 12.4. The molecule has 5 nitrogen and oxygen atoms in total. The normalized spacial score (nSPS) is 24.8. The number of furan rings is 1. The predicted octanol–water partition coefficient (Wildman–Crippen LogP) is 0.619. The van der Waals surface area contributed by atoms with Crippen LogP contribution in [0.15, 0.2) is 27.3 Å². The third-order valence-corrected chi connectivity index (χ3v) is 2.98. The number of amides is 1. The first-order valence-electron chi connectivity index (χ1n) is 5.15. The SMILES string of the molecule is O=C(/C=C/c1ccc(Br)o1)N1CC(O)C(O)C1. The lowest BCUT2D eigenvalue weighted by molar-refractivity contribution is -0.125. The Balaban J connectivity index is 1.96. The van der Waals surface area contributed by atoms with Crippen LogP contribution in [-0.4, -0.2) is 46.3 Å². The van der Waals surface area contributed by atoms with E-state index in [0.29, 0.717) is 10.4 Å². The Morgan fingerprint density at radius 1 is 1.41 bits per heavy atom. The lowest BCUT2D eigenvalue weighted by Crippen LogP contribution is -2.27. The lowest BCUT2D eigenvalue weighted by atomic mass is 10.3. The summed E-state index contributed by atoms with van der Waals surface area (Å²) in [4.78, 5) is 13.1. The van der Waals surface area contributed by atoms with Gasteiger partial charge in [0.05, 0.1) is 12.2 Å². The Kier molecular flexibility index (Phi) is 3.66. The van der Waals surface area contributed by atoms with E-state index >= 15 is 0 Å². The first-order valence-corrected chi connectivity index (χ1v) is 5.94. The monoisotopic (exact) mass is 301 g/mol. The number of aliphatic hydroxyl groups excluding tert-OH is 2. The Hall–Kier alpha value is -1.11. The van der Waals surface area contributed by atoms with Gasteiger partial charge in [-0.15, -0.1) is 0 Å². The second-order valence-corrected chi connectivity index (χ2v) is 4.63. The molecule has 6 heteroatoms. The summed E-state index contributed by atoms with van der Waals surface area (Å²) in [5, 5.41) is 18.6. The molecule has 0 bridgehead atoms. The van der Waals surface area contributed by atoms with E-state index in [9.17, 15) is 15.0 Å². The largest absolute Gasteiger partial charge is 0.450 e. The van der Waals surface area contributed by atoms with Crippen molar-refractivity contribution in [3.63, 3.8) is 0 Å². The van der Waals surface area contributed by atoms with Crippen molar-refractivity contribution in [2.75, 3.05) is 13.1 Å². The third kappa shape index (κ3) is 2.96. The van der Waals surface area contributed by atoms with Crippen molar-refractivity contribution in [2.45, 2.75) is 12.2 Å². The number of hydrogen-bond acceptors (Lipinski definition) is 4. The molecular weight excluding hydrogens is 290 g/mol. The first-order chi connectivity index (χ1) is 8.06. The van der Waals surface area contributed by atoms with E-state index in [2.05, 4.69) is 15.9 Å². The second kappa shape index (κ2) is 5.03. The number of halogens is 1. The number of carbonyl (C=O) groups is 1. The molecule has 17 heavy (non-hydrogen) atoms. The molecule has 1 aliphatic rings. The molecule has 2 rings (SSSR count). The number of hydrogen-bond donors (Lipinski definition) is 2. The summed E-state index contributed by atoms with van der Waals surface area (Å²) in [7, 11) is 0. The molecule has 92 valence electrons. The summed E-state index contributed by atoms with van der Waals surface area (Å²) in [5.41, 5.74) is 0. The van der Waals surface area contributed by atoms with Crippen LogP contribution in [0.1, 0.15) is 5.76 Å². The molecule has 0 aliphatic carbocycles. The van der Waals surface area contributed by atoms with Crippen LogP contribution < -0.4 is 0 Å². The standard InChI is InChI=1S/C11H12BrNO4/c12-10-3-1-7(17-10)2-4-11(16)13-5-8(14)9(15)6-13/h1-4,8-9,14-15H,5-6H2/b4-2+. The molecule has 2 N–H and O–H groups in total. The molecule has 1 aliphatic heterocycles. The van der Waals surface area contributed by atoms with Gasteiger partial charge in [-0.2, -0.15) is 0 Å². The van der Waals surface area contributed by atoms with Crippen LogP contribution in [0.25, 0.3) is 6.08 Å². The van der Waals surface area contributed by atoms with Crippen LogP contribution in [0, 0.1) is 0 Å². The Bertz CT molecular complexity index is 432. The van der Waals surface area contributed by atoms with Gasteiger partial charge in [0.15, 0.2) is 4.67 Å². The molecule has 2 unspecified atom stereocenters. The highest BCUT2D eigenvalue weighted by Crippen LogP contribution is 2.16. The maximum absolute atomic E-state index is 11.7. The second-order valence-electron chi connectivity index (χ2n) is 3.85. The Morgan fingerprint density at radius 2 is 2.06 bits per heavy atom. The van der Waals surface area contributed by atoms with E-state index in [4.69, 9.17) is 4.42 Å². The molecule has 0 saturated carbocycles. The van der Waals surface area contributed by atoms with E-state index in [1.807, 2.05) is 0 Å². The van der Waals surface area contributed by atoms with Crippen LogP contribution in [0.2, 0.25) is 0 Å². The number of β-amino-alcohol motifs (C(OH)–C–C–N with tert-alkyl or cyclic N) is 2. The van der Waals surface area contributed by atoms with E-state index in [1.54, 1.807) is 18.2 Å². The van der Waals surface area contributed by atoms with Crippen LogP contribution >= 0.6 is 15.9 Å². The van der Waals surface area contributed by atoms with Gasteiger partial charge in [-0.05, 0) is 34.1 Å². The fourth-order valence-electron chi connectivity index (χ4n) is 1.63. The molecule has 2 atom stereocenters. The fourth-order valence-corrected chi connectivity index (χ4v) is 1.95. The topological polar surface area (TPSA) is 73.9 Å². The van der Waals surface area contributed by atoms with Crippen molar-refractivity contribution < 1.29 is 19.4 Å². The summed E-state index contributed by atoms with van der Waals surface area (Å²) in [5.74, 6) is 0.304. The van der Waals surface area contributed by atoms with Gasteiger partial charge < -0.3 is 19.5 Å². The fraction of sp³-hybridized carbons (Fsp3) is 0.364. The number of likely N-dealkylation sites (tertiary alicyclic amines) is 1. The van der Waals surface area contributed by atoms with Gasteiger partial charge in [0.25, 0.3) is 0 Å².